The van der Waals surface area contributed by atoms with Gasteiger partial charge in [0.15, 0.2) is 0 Å². The molecular weight excluding hydrogens is 230 g/mol. The first-order valence-corrected chi connectivity index (χ1v) is 5.71. The standard InChI is InChI=1S/C13H15N3O2/c1-16-9-8-15-12(16)6-7-14-11-5-3-2-4-10(11)13(17)18/h2-5,8-9,14H,6-7H2,1H3,(H,17,18). The number of carboxylic acids is 1. The van der Waals surface area contributed by atoms with Crippen LogP contribution < -0.4 is 5.32 Å². The molecule has 1 aromatic heterocycles. The number of aromatic nitrogens is 2. The quantitative estimate of drug-likeness (QED) is 0.842. The van der Waals surface area contributed by atoms with Gasteiger partial charge >= 0.3 is 5.97 Å². The Morgan fingerprint density at radius 1 is 1.44 bits per heavy atom. The summed E-state index contributed by atoms with van der Waals surface area (Å²) in [6, 6.07) is 6.89. The number of para-hydroxylation sites is 1. The van der Waals surface area contributed by atoms with E-state index in [-0.39, 0.29) is 5.56 Å². The lowest BCUT2D eigenvalue weighted by Gasteiger charge is -2.09. The highest BCUT2D eigenvalue weighted by Crippen LogP contribution is 2.14. The Kier molecular flexibility index (Phi) is 3.62. The number of carboxylic acid groups (broad SMARTS) is 1. The molecule has 1 aromatic carbocycles. The first-order valence-electron chi connectivity index (χ1n) is 5.71. The summed E-state index contributed by atoms with van der Waals surface area (Å²) in [5.74, 6) is 0.0467. The van der Waals surface area contributed by atoms with Crippen molar-refractivity contribution in [2.45, 2.75) is 6.42 Å². The molecule has 5 heteroatoms. The van der Waals surface area contributed by atoms with Crippen molar-refractivity contribution in [1.82, 2.24) is 9.55 Å². The van der Waals surface area contributed by atoms with Gasteiger partial charge in [-0.3, -0.25) is 0 Å². The van der Waals surface area contributed by atoms with Gasteiger partial charge in [0.2, 0.25) is 0 Å². The number of aryl methyl sites for hydroxylation is 1. The molecular formula is C13H15N3O2. The molecule has 5 nitrogen and oxygen atoms in total. The largest absolute Gasteiger partial charge is 0.478 e. The molecule has 0 saturated carbocycles. The van der Waals surface area contributed by atoms with Crippen LogP contribution in [-0.4, -0.2) is 27.2 Å². The highest BCUT2D eigenvalue weighted by molar-refractivity contribution is 5.94. The maximum absolute atomic E-state index is 11.0. The number of carbonyl (C=O) groups is 1. The van der Waals surface area contributed by atoms with Gasteiger partial charge in [-0.25, -0.2) is 9.78 Å². The number of aromatic carboxylic acids is 1. The first-order chi connectivity index (χ1) is 8.68. The second-order valence-electron chi connectivity index (χ2n) is 3.98. The molecule has 0 aliphatic carbocycles. The molecule has 0 spiro atoms. The molecule has 0 bridgehead atoms. The Morgan fingerprint density at radius 2 is 2.22 bits per heavy atom. The van der Waals surface area contributed by atoms with E-state index in [2.05, 4.69) is 10.3 Å². The minimum atomic E-state index is -0.921. The molecule has 0 atom stereocenters. The van der Waals surface area contributed by atoms with Crippen molar-refractivity contribution < 1.29 is 9.90 Å². The lowest BCUT2D eigenvalue weighted by atomic mass is 10.2. The molecule has 0 unspecified atom stereocenters. The zero-order valence-electron chi connectivity index (χ0n) is 10.1. The highest BCUT2D eigenvalue weighted by Gasteiger charge is 2.08. The summed E-state index contributed by atoms with van der Waals surface area (Å²) < 4.78 is 1.95. The maximum atomic E-state index is 11.0. The van der Waals surface area contributed by atoms with Crippen LogP contribution in [0.2, 0.25) is 0 Å². The number of nitrogens with zero attached hydrogens (tertiary/aromatic N) is 2. The van der Waals surface area contributed by atoms with Crippen molar-refractivity contribution in [3.8, 4) is 0 Å². The SMILES string of the molecule is Cn1ccnc1CCNc1ccccc1C(=O)O. The molecule has 0 amide bonds. The van der Waals surface area contributed by atoms with Crippen LogP contribution in [0, 0.1) is 0 Å². The summed E-state index contributed by atoms with van der Waals surface area (Å²) in [4.78, 5) is 15.2. The molecule has 0 aliphatic rings. The van der Waals surface area contributed by atoms with E-state index < -0.39 is 5.97 Å². The number of imidazole rings is 1. The van der Waals surface area contributed by atoms with Crippen LogP contribution in [-0.2, 0) is 13.5 Å². The fraction of sp³-hybridized carbons (Fsp3) is 0.231. The Hall–Kier alpha value is -2.30. The lowest BCUT2D eigenvalue weighted by molar-refractivity contribution is 0.0698. The zero-order valence-corrected chi connectivity index (χ0v) is 10.1. The average molecular weight is 245 g/mol. The number of rotatable bonds is 5. The molecule has 0 aliphatic heterocycles. The smallest absolute Gasteiger partial charge is 0.337 e. The Balaban J connectivity index is 1.99. The fourth-order valence-corrected chi connectivity index (χ4v) is 1.77. The van der Waals surface area contributed by atoms with Gasteiger partial charge in [-0.15, -0.1) is 0 Å². The van der Waals surface area contributed by atoms with Crippen molar-refractivity contribution in [1.29, 1.82) is 0 Å². The van der Waals surface area contributed by atoms with Crippen LogP contribution in [0.5, 0.6) is 0 Å². The summed E-state index contributed by atoms with van der Waals surface area (Å²) in [5.41, 5.74) is 0.927. The maximum Gasteiger partial charge on any atom is 0.337 e. The van der Waals surface area contributed by atoms with Crippen molar-refractivity contribution in [2.24, 2.45) is 7.05 Å². The van der Waals surface area contributed by atoms with Gasteiger partial charge in [0.1, 0.15) is 5.82 Å². The van der Waals surface area contributed by atoms with Crippen molar-refractivity contribution >= 4 is 11.7 Å². The molecule has 0 saturated heterocycles. The summed E-state index contributed by atoms with van der Waals surface area (Å²) >= 11 is 0. The summed E-state index contributed by atoms with van der Waals surface area (Å²) in [5, 5.41) is 12.2. The number of benzene rings is 1. The van der Waals surface area contributed by atoms with Crippen molar-refractivity contribution in [3.05, 3.63) is 48.0 Å². The number of hydrogen-bond acceptors (Lipinski definition) is 3. The van der Waals surface area contributed by atoms with Crippen LogP contribution in [0.4, 0.5) is 5.69 Å². The summed E-state index contributed by atoms with van der Waals surface area (Å²) in [6.07, 6.45) is 4.39. The van der Waals surface area contributed by atoms with E-state index >= 15 is 0 Å². The van der Waals surface area contributed by atoms with E-state index in [0.717, 1.165) is 12.2 Å². The molecule has 2 N–H and O–H groups in total. The van der Waals surface area contributed by atoms with Gasteiger partial charge in [-0.2, -0.15) is 0 Å². The van der Waals surface area contributed by atoms with Crippen LogP contribution in [0.3, 0.4) is 0 Å². The Labute approximate surface area is 105 Å². The number of anilines is 1. The van der Waals surface area contributed by atoms with E-state index in [4.69, 9.17) is 5.11 Å². The van der Waals surface area contributed by atoms with Crippen LogP contribution >= 0.6 is 0 Å². The molecule has 1 heterocycles. The third kappa shape index (κ3) is 2.68. The normalized spacial score (nSPS) is 10.3. The van der Waals surface area contributed by atoms with E-state index in [9.17, 15) is 4.79 Å². The molecule has 94 valence electrons. The molecule has 18 heavy (non-hydrogen) atoms. The monoisotopic (exact) mass is 245 g/mol. The van der Waals surface area contributed by atoms with Crippen LogP contribution in [0.25, 0.3) is 0 Å². The Bertz CT molecular complexity index is 549. The van der Waals surface area contributed by atoms with E-state index in [1.54, 1.807) is 24.4 Å². The van der Waals surface area contributed by atoms with Gasteiger partial charge in [-0.05, 0) is 12.1 Å². The third-order valence-corrected chi connectivity index (χ3v) is 2.74. The molecule has 0 radical (unpaired) electrons. The highest BCUT2D eigenvalue weighted by atomic mass is 16.4. The second-order valence-corrected chi connectivity index (χ2v) is 3.98. The Morgan fingerprint density at radius 3 is 2.89 bits per heavy atom. The summed E-state index contributed by atoms with van der Waals surface area (Å²) in [6.45, 7) is 0.648. The van der Waals surface area contributed by atoms with Gasteiger partial charge in [0.25, 0.3) is 0 Å². The van der Waals surface area contributed by atoms with E-state index in [1.807, 2.05) is 23.9 Å². The van der Waals surface area contributed by atoms with Gasteiger partial charge in [0.05, 0.1) is 5.56 Å². The molecule has 2 rings (SSSR count). The minimum Gasteiger partial charge on any atom is -0.478 e. The zero-order chi connectivity index (χ0) is 13.0. The number of hydrogen-bond donors (Lipinski definition) is 2. The third-order valence-electron chi connectivity index (χ3n) is 2.74. The van der Waals surface area contributed by atoms with Crippen molar-refractivity contribution in [2.75, 3.05) is 11.9 Å². The predicted molar refractivity (Wildman–Crippen MR) is 68.8 cm³/mol. The predicted octanol–water partition coefficient (Wildman–Crippen LogP) is 1.77. The molecule has 0 fully saturated rings. The van der Waals surface area contributed by atoms with E-state index in [1.165, 1.54) is 0 Å². The summed E-state index contributed by atoms with van der Waals surface area (Å²) in [7, 11) is 1.94. The van der Waals surface area contributed by atoms with Crippen molar-refractivity contribution in [3.63, 3.8) is 0 Å². The van der Waals surface area contributed by atoms with Gasteiger partial charge < -0.3 is 15.0 Å². The number of nitrogens with one attached hydrogen (secondary N) is 1. The lowest BCUT2D eigenvalue weighted by Crippen LogP contribution is -2.11. The van der Waals surface area contributed by atoms with Crippen LogP contribution in [0.15, 0.2) is 36.7 Å². The fourth-order valence-electron chi connectivity index (χ4n) is 1.77. The first kappa shape index (κ1) is 12.2. The van der Waals surface area contributed by atoms with Gasteiger partial charge in [-0.1, -0.05) is 12.1 Å². The van der Waals surface area contributed by atoms with Gasteiger partial charge in [0, 0.05) is 38.1 Å². The second kappa shape index (κ2) is 5.35. The van der Waals surface area contributed by atoms with Crippen LogP contribution in [0.1, 0.15) is 16.2 Å². The average Bonchev–Trinajstić information content (AvgIpc) is 2.76. The minimum absolute atomic E-state index is 0.289. The topological polar surface area (TPSA) is 67.2 Å². The van der Waals surface area contributed by atoms with E-state index in [0.29, 0.717) is 12.2 Å². The molecule has 2 aromatic rings.